The lowest BCUT2D eigenvalue weighted by atomic mass is 10.1. The van der Waals surface area contributed by atoms with Gasteiger partial charge in [0.15, 0.2) is 0 Å². The molecule has 1 saturated heterocycles. The molecule has 4 aromatic carbocycles. The largest absolute Gasteiger partial charge is 0.506 e. The Hall–Kier alpha value is -4.69. The van der Waals surface area contributed by atoms with Gasteiger partial charge in [0.25, 0.3) is 11.8 Å². The van der Waals surface area contributed by atoms with Crippen LogP contribution >= 0.6 is 0 Å². The number of phenolic OH excluding ortho intramolecular Hbond substituents is 1. The van der Waals surface area contributed by atoms with Gasteiger partial charge < -0.3 is 25.0 Å². The molecule has 4 aromatic rings. The summed E-state index contributed by atoms with van der Waals surface area (Å²) in [5.41, 5.74) is 3.08. The first kappa shape index (κ1) is 25.9. The van der Waals surface area contributed by atoms with Crippen LogP contribution in [0.25, 0.3) is 0 Å². The number of para-hydroxylation sites is 1. The highest BCUT2D eigenvalue weighted by molar-refractivity contribution is 6.10. The lowest BCUT2D eigenvalue weighted by molar-refractivity contribution is 0.0983. The maximum atomic E-state index is 13.6. The molecule has 0 saturated carbocycles. The van der Waals surface area contributed by atoms with Crippen molar-refractivity contribution in [3.05, 3.63) is 120 Å². The Bertz CT molecular complexity index is 1450. The third kappa shape index (κ3) is 6.08. The summed E-state index contributed by atoms with van der Waals surface area (Å²) in [5.74, 6) is -1.39. The van der Waals surface area contributed by atoms with E-state index in [1.165, 1.54) is 41.3 Å². The van der Waals surface area contributed by atoms with Crippen molar-refractivity contribution in [2.45, 2.75) is 6.54 Å². The van der Waals surface area contributed by atoms with E-state index in [0.29, 0.717) is 37.6 Å². The van der Waals surface area contributed by atoms with Gasteiger partial charge in [0.05, 0.1) is 31.0 Å². The number of carbonyl (C=O) groups is 2. The van der Waals surface area contributed by atoms with Crippen molar-refractivity contribution in [2.75, 3.05) is 41.4 Å². The number of morpholine rings is 1. The second kappa shape index (κ2) is 11.8. The summed E-state index contributed by atoms with van der Waals surface area (Å²) in [6, 6.07) is 26.8. The molecule has 0 radical (unpaired) electrons. The third-order valence-electron chi connectivity index (χ3n) is 6.56. The van der Waals surface area contributed by atoms with Crippen LogP contribution < -0.4 is 15.1 Å². The Morgan fingerprint density at radius 2 is 1.59 bits per heavy atom. The highest BCUT2D eigenvalue weighted by Gasteiger charge is 2.22. The fraction of sp³-hybridized carbons (Fsp3) is 0.161. The summed E-state index contributed by atoms with van der Waals surface area (Å²) < 4.78 is 19.0. The number of carbonyl (C=O) groups excluding carboxylic acids is 2. The summed E-state index contributed by atoms with van der Waals surface area (Å²) in [5, 5.41) is 13.5. The van der Waals surface area contributed by atoms with Gasteiger partial charge in [-0.25, -0.2) is 4.39 Å². The lowest BCUT2D eigenvalue weighted by Crippen LogP contribution is -2.37. The van der Waals surface area contributed by atoms with E-state index < -0.39 is 5.82 Å². The van der Waals surface area contributed by atoms with Crippen LogP contribution in [0.4, 0.5) is 21.5 Å². The summed E-state index contributed by atoms with van der Waals surface area (Å²) in [6.07, 6.45) is 0. The van der Waals surface area contributed by atoms with E-state index in [-0.39, 0.29) is 35.4 Å². The molecule has 0 atom stereocenters. The Kier molecular flexibility index (Phi) is 7.84. The monoisotopic (exact) mass is 525 g/mol. The van der Waals surface area contributed by atoms with Crippen molar-refractivity contribution in [1.82, 2.24) is 0 Å². The van der Waals surface area contributed by atoms with Gasteiger partial charge in [-0.15, -0.1) is 0 Å². The molecule has 1 fully saturated rings. The number of phenols is 1. The zero-order valence-electron chi connectivity index (χ0n) is 21.2. The average molecular weight is 526 g/mol. The molecule has 0 bridgehead atoms. The third-order valence-corrected chi connectivity index (χ3v) is 6.56. The van der Waals surface area contributed by atoms with Crippen LogP contribution in [0, 0.1) is 5.82 Å². The molecule has 7 nitrogen and oxygen atoms in total. The fourth-order valence-electron chi connectivity index (χ4n) is 4.53. The van der Waals surface area contributed by atoms with Gasteiger partial charge in [0.1, 0.15) is 11.6 Å². The molecule has 1 aliphatic heterocycles. The molecule has 0 aromatic heterocycles. The Morgan fingerprint density at radius 1 is 0.897 bits per heavy atom. The zero-order chi connectivity index (χ0) is 27.2. The summed E-state index contributed by atoms with van der Waals surface area (Å²) in [4.78, 5) is 30.4. The fourth-order valence-corrected chi connectivity index (χ4v) is 4.53. The molecular formula is C31H28FN3O4. The Morgan fingerprint density at radius 3 is 2.31 bits per heavy atom. The summed E-state index contributed by atoms with van der Waals surface area (Å²) in [7, 11) is 0. The minimum atomic E-state index is -0.404. The summed E-state index contributed by atoms with van der Waals surface area (Å²) >= 11 is 0. The summed E-state index contributed by atoms with van der Waals surface area (Å²) in [6.45, 7) is 2.79. The van der Waals surface area contributed by atoms with Crippen molar-refractivity contribution < 1.29 is 23.8 Å². The zero-order valence-corrected chi connectivity index (χ0v) is 21.2. The number of hydrogen-bond donors (Lipinski definition) is 2. The van der Waals surface area contributed by atoms with Crippen LogP contribution in [0.15, 0.2) is 97.1 Å². The van der Waals surface area contributed by atoms with E-state index in [4.69, 9.17) is 4.74 Å². The van der Waals surface area contributed by atoms with Crippen molar-refractivity contribution >= 4 is 28.9 Å². The van der Waals surface area contributed by atoms with Crippen molar-refractivity contribution in [1.29, 1.82) is 0 Å². The number of nitrogens with one attached hydrogen (secondary N) is 1. The van der Waals surface area contributed by atoms with E-state index in [2.05, 4.69) is 10.2 Å². The number of halogens is 1. The van der Waals surface area contributed by atoms with E-state index in [1.54, 1.807) is 18.2 Å². The van der Waals surface area contributed by atoms with Crippen LogP contribution in [0.2, 0.25) is 0 Å². The van der Waals surface area contributed by atoms with Gasteiger partial charge in [-0.05, 0) is 60.2 Å². The van der Waals surface area contributed by atoms with Gasteiger partial charge in [0.2, 0.25) is 0 Å². The normalized spacial score (nSPS) is 13.1. The molecule has 198 valence electrons. The lowest BCUT2D eigenvalue weighted by Gasteiger charge is -2.30. The number of nitrogens with zero attached hydrogens (tertiary/aromatic N) is 2. The minimum Gasteiger partial charge on any atom is -0.506 e. The van der Waals surface area contributed by atoms with Gasteiger partial charge in [0, 0.05) is 30.0 Å². The van der Waals surface area contributed by atoms with E-state index in [9.17, 15) is 19.1 Å². The molecular weight excluding hydrogens is 497 g/mol. The van der Waals surface area contributed by atoms with Crippen molar-refractivity contribution in [3.63, 3.8) is 0 Å². The van der Waals surface area contributed by atoms with Crippen LogP contribution in [0.5, 0.6) is 5.75 Å². The first-order valence-corrected chi connectivity index (χ1v) is 12.7. The van der Waals surface area contributed by atoms with Crippen LogP contribution in [-0.4, -0.2) is 43.2 Å². The Balaban J connectivity index is 1.37. The minimum absolute atomic E-state index is 0.185. The smallest absolute Gasteiger partial charge is 0.258 e. The number of aromatic hydroxyl groups is 1. The van der Waals surface area contributed by atoms with E-state index in [1.807, 2.05) is 42.5 Å². The highest BCUT2D eigenvalue weighted by atomic mass is 19.1. The quantitative estimate of drug-likeness (QED) is 0.313. The highest BCUT2D eigenvalue weighted by Crippen LogP contribution is 2.29. The predicted octanol–water partition coefficient (Wildman–Crippen LogP) is 5.47. The molecule has 5 rings (SSSR count). The number of anilines is 3. The molecule has 1 heterocycles. The predicted molar refractivity (Wildman–Crippen MR) is 149 cm³/mol. The molecule has 0 unspecified atom stereocenters. The SMILES string of the molecule is O=C(Nc1ccc(C(=O)N(Cc2ccccc2)c2ccc(F)cc2)cc1O)c1ccccc1N1CCOCC1. The molecule has 2 amide bonds. The topological polar surface area (TPSA) is 82.1 Å². The van der Waals surface area contributed by atoms with E-state index in [0.717, 1.165) is 11.3 Å². The van der Waals surface area contributed by atoms with E-state index >= 15 is 0 Å². The van der Waals surface area contributed by atoms with Gasteiger partial charge >= 0.3 is 0 Å². The first-order chi connectivity index (χ1) is 19.0. The second-order valence-corrected chi connectivity index (χ2v) is 9.16. The maximum Gasteiger partial charge on any atom is 0.258 e. The maximum absolute atomic E-state index is 13.6. The van der Waals surface area contributed by atoms with Crippen LogP contribution in [0.3, 0.4) is 0 Å². The average Bonchev–Trinajstić information content (AvgIpc) is 2.98. The number of ether oxygens (including phenoxy) is 1. The number of amides is 2. The van der Waals surface area contributed by atoms with Crippen molar-refractivity contribution in [2.24, 2.45) is 0 Å². The number of rotatable bonds is 7. The van der Waals surface area contributed by atoms with Crippen LogP contribution in [-0.2, 0) is 11.3 Å². The van der Waals surface area contributed by atoms with Gasteiger partial charge in [-0.2, -0.15) is 0 Å². The molecule has 2 N–H and O–H groups in total. The number of benzene rings is 4. The second-order valence-electron chi connectivity index (χ2n) is 9.16. The molecule has 1 aliphatic rings. The standard InChI is InChI=1S/C31H28FN3O4/c32-24-11-13-25(14-12-24)35(21-22-6-2-1-3-7-22)31(38)23-10-15-27(29(36)20-23)33-30(37)26-8-4-5-9-28(26)34-16-18-39-19-17-34/h1-15,20,36H,16-19,21H2,(H,33,37). The van der Waals surface area contributed by atoms with Crippen LogP contribution in [0.1, 0.15) is 26.3 Å². The van der Waals surface area contributed by atoms with Crippen molar-refractivity contribution in [3.8, 4) is 5.75 Å². The first-order valence-electron chi connectivity index (χ1n) is 12.7. The van der Waals surface area contributed by atoms with Gasteiger partial charge in [-0.3, -0.25) is 9.59 Å². The molecule has 8 heteroatoms. The molecule has 0 spiro atoms. The Labute approximate surface area is 226 Å². The molecule has 39 heavy (non-hydrogen) atoms. The van der Waals surface area contributed by atoms with Gasteiger partial charge in [-0.1, -0.05) is 42.5 Å². The molecule has 0 aliphatic carbocycles. The number of hydrogen-bond acceptors (Lipinski definition) is 5.